The Kier molecular flexibility index (Phi) is 6.98. The second kappa shape index (κ2) is 7.93. The first kappa shape index (κ1) is 17.6. The predicted octanol–water partition coefficient (Wildman–Crippen LogP) is 0.530. The number of carboxylic acids is 4. The maximum atomic E-state index is 11.2. The minimum Gasteiger partial charge on any atom is -0.481 e. The molecule has 0 radical (unpaired) electrons. The first-order valence-corrected chi connectivity index (χ1v) is 5.73. The second-order valence-corrected chi connectivity index (χ2v) is 4.16. The summed E-state index contributed by atoms with van der Waals surface area (Å²) in [6.07, 6.45) is 1.76. The van der Waals surface area contributed by atoms with Gasteiger partial charge in [0.1, 0.15) is 0 Å². The Hall–Kier alpha value is -2.38. The van der Waals surface area contributed by atoms with Gasteiger partial charge in [-0.15, -0.1) is 0 Å². The van der Waals surface area contributed by atoms with E-state index in [0.717, 1.165) is 0 Å². The molecule has 0 aliphatic heterocycles. The minimum atomic E-state index is -1.82. The summed E-state index contributed by atoms with van der Waals surface area (Å²) < 4.78 is 0. The van der Waals surface area contributed by atoms with E-state index in [0.29, 0.717) is 0 Å². The average molecular weight is 288 g/mol. The highest BCUT2D eigenvalue weighted by molar-refractivity contribution is 5.87. The van der Waals surface area contributed by atoms with Gasteiger partial charge in [0.25, 0.3) is 0 Å². The third kappa shape index (κ3) is 5.09. The van der Waals surface area contributed by atoms with Crippen LogP contribution in [0.1, 0.15) is 19.8 Å². The van der Waals surface area contributed by atoms with Gasteiger partial charge in [-0.3, -0.25) is 19.2 Å². The topological polar surface area (TPSA) is 149 Å². The summed E-state index contributed by atoms with van der Waals surface area (Å²) in [7, 11) is 0. The van der Waals surface area contributed by atoms with Crippen molar-refractivity contribution in [1.82, 2.24) is 0 Å². The van der Waals surface area contributed by atoms with E-state index in [2.05, 4.69) is 0 Å². The lowest BCUT2D eigenvalue weighted by molar-refractivity contribution is -0.164. The number of aliphatic carboxylic acids is 4. The molecule has 20 heavy (non-hydrogen) atoms. The van der Waals surface area contributed by atoms with E-state index in [4.69, 9.17) is 20.4 Å². The molecule has 0 aromatic rings. The van der Waals surface area contributed by atoms with Crippen LogP contribution in [0.25, 0.3) is 0 Å². The molecule has 0 aliphatic rings. The summed E-state index contributed by atoms with van der Waals surface area (Å²) in [6.45, 7) is 1.60. The zero-order valence-corrected chi connectivity index (χ0v) is 10.7. The van der Waals surface area contributed by atoms with Crippen LogP contribution in [0.3, 0.4) is 0 Å². The molecular formula is C12H16O8. The number of hydrogen-bond donors (Lipinski definition) is 4. The lowest BCUT2D eigenvalue weighted by atomic mass is 9.78. The monoisotopic (exact) mass is 288 g/mol. The highest BCUT2D eigenvalue weighted by atomic mass is 16.4. The normalized spacial score (nSPS) is 15.4. The van der Waals surface area contributed by atoms with E-state index < -0.39 is 48.1 Å². The van der Waals surface area contributed by atoms with Crippen LogP contribution in [-0.4, -0.2) is 44.3 Å². The number of hydrogen-bond acceptors (Lipinski definition) is 4. The SMILES string of the molecule is CC=CCC(C(=O)O)C(C(=O)O)C(CC(=O)O)C(=O)O. The zero-order chi connectivity index (χ0) is 15.9. The van der Waals surface area contributed by atoms with Gasteiger partial charge in [0.15, 0.2) is 0 Å². The van der Waals surface area contributed by atoms with E-state index in [1.165, 1.54) is 12.2 Å². The number of rotatable bonds is 9. The number of allylic oxidation sites excluding steroid dienone is 2. The maximum absolute atomic E-state index is 11.2. The molecule has 112 valence electrons. The van der Waals surface area contributed by atoms with Gasteiger partial charge in [-0.25, -0.2) is 0 Å². The molecule has 0 aromatic carbocycles. The summed E-state index contributed by atoms with van der Waals surface area (Å²) in [5.41, 5.74) is 0. The van der Waals surface area contributed by atoms with Crippen molar-refractivity contribution in [1.29, 1.82) is 0 Å². The van der Waals surface area contributed by atoms with Crippen LogP contribution in [0.4, 0.5) is 0 Å². The van der Waals surface area contributed by atoms with Crippen molar-refractivity contribution in [3.05, 3.63) is 12.2 Å². The van der Waals surface area contributed by atoms with E-state index in [-0.39, 0.29) is 6.42 Å². The smallest absolute Gasteiger partial charge is 0.308 e. The number of carbonyl (C=O) groups is 4. The average Bonchev–Trinajstić information content (AvgIpc) is 2.30. The molecule has 4 N–H and O–H groups in total. The van der Waals surface area contributed by atoms with Gasteiger partial charge in [0, 0.05) is 0 Å². The Morgan fingerprint density at radius 2 is 1.40 bits per heavy atom. The van der Waals surface area contributed by atoms with Gasteiger partial charge in [0.05, 0.1) is 24.2 Å². The van der Waals surface area contributed by atoms with Gasteiger partial charge in [0.2, 0.25) is 0 Å². The molecule has 0 aromatic heterocycles. The van der Waals surface area contributed by atoms with Crippen molar-refractivity contribution in [3.63, 3.8) is 0 Å². The summed E-state index contributed by atoms with van der Waals surface area (Å²) in [5.74, 6) is -11.4. The van der Waals surface area contributed by atoms with Crippen LogP contribution in [0, 0.1) is 17.8 Å². The molecule has 8 nitrogen and oxygen atoms in total. The van der Waals surface area contributed by atoms with Crippen molar-refractivity contribution in [2.75, 3.05) is 0 Å². The van der Waals surface area contributed by atoms with Gasteiger partial charge in [-0.05, 0) is 13.3 Å². The zero-order valence-electron chi connectivity index (χ0n) is 10.7. The summed E-state index contributed by atoms with van der Waals surface area (Å²) in [5, 5.41) is 35.7. The Balaban J connectivity index is 5.53. The molecular weight excluding hydrogens is 272 g/mol. The molecule has 3 unspecified atom stereocenters. The molecule has 3 atom stereocenters. The van der Waals surface area contributed by atoms with Crippen LogP contribution in [-0.2, 0) is 19.2 Å². The molecule has 0 bridgehead atoms. The number of carboxylic acid groups (broad SMARTS) is 4. The summed E-state index contributed by atoms with van der Waals surface area (Å²) in [6, 6.07) is 0. The fraction of sp³-hybridized carbons (Fsp3) is 0.500. The fourth-order valence-corrected chi connectivity index (χ4v) is 1.86. The highest BCUT2D eigenvalue weighted by Crippen LogP contribution is 2.28. The first-order valence-electron chi connectivity index (χ1n) is 5.73. The molecule has 0 saturated heterocycles. The highest BCUT2D eigenvalue weighted by Gasteiger charge is 2.43. The molecule has 0 saturated carbocycles. The lowest BCUT2D eigenvalue weighted by Gasteiger charge is -2.24. The second-order valence-electron chi connectivity index (χ2n) is 4.16. The lowest BCUT2D eigenvalue weighted by Crippen LogP contribution is -2.39. The van der Waals surface area contributed by atoms with E-state index in [1.807, 2.05) is 0 Å². The molecule has 8 heteroatoms. The molecule has 0 fully saturated rings. The fourth-order valence-electron chi connectivity index (χ4n) is 1.86. The van der Waals surface area contributed by atoms with Crippen molar-refractivity contribution < 1.29 is 39.6 Å². The molecule has 0 amide bonds. The van der Waals surface area contributed by atoms with Crippen LogP contribution in [0.2, 0.25) is 0 Å². The van der Waals surface area contributed by atoms with Crippen molar-refractivity contribution in [2.45, 2.75) is 19.8 Å². The third-order valence-electron chi connectivity index (χ3n) is 2.81. The van der Waals surface area contributed by atoms with Crippen LogP contribution >= 0.6 is 0 Å². The van der Waals surface area contributed by atoms with Crippen molar-refractivity contribution in [3.8, 4) is 0 Å². The molecule has 0 spiro atoms. The predicted molar refractivity (Wildman–Crippen MR) is 65.1 cm³/mol. The Bertz CT molecular complexity index is 425. The van der Waals surface area contributed by atoms with Crippen molar-refractivity contribution >= 4 is 23.9 Å². The molecule has 0 rings (SSSR count). The van der Waals surface area contributed by atoms with Crippen LogP contribution in [0.5, 0.6) is 0 Å². The minimum absolute atomic E-state index is 0.188. The Labute approximate surface area is 114 Å². The molecule has 0 heterocycles. The first-order chi connectivity index (χ1) is 9.22. The van der Waals surface area contributed by atoms with Gasteiger partial charge < -0.3 is 20.4 Å². The van der Waals surface area contributed by atoms with Gasteiger partial charge >= 0.3 is 23.9 Å². The van der Waals surface area contributed by atoms with Crippen LogP contribution < -0.4 is 0 Å². The van der Waals surface area contributed by atoms with Gasteiger partial charge in [-0.1, -0.05) is 12.2 Å². The Morgan fingerprint density at radius 1 is 0.900 bits per heavy atom. The summed E-state index contributed by atoms with van der Waals surface area (Å²) >= 11 is 0. The Morgan fingerprint density at radius 3 is 1.70 bits per heavy atom. The van der Waals surface area contributed by atoms with E-state index >= 15 is 0 Å². The van der Waals surface area contributed by atoms with Gasteiger partial charge in [-0.2, -0.15) is 0 Å². The maximum Gasteiger partial charge on any atom is 0.308 e. The standard InChI is InChI=1S/C12H16O8/c1-2-3-4-6(10(15)16)9(12(19)20)7(11(17)18)5-8(13)14/h2-3,6-7,9H,4-5H2,1H3,(H,13,14)(H,15,16)(H,17,18)(H,19,20). The largest absolute Gasteiger partial charge is 0.481 e. The van der Waals surface area contributed by atoms with E-state index in [1.54, 1.807) is 6.92 Å². The van der Waals surface area contributed by atoms with Crippen LogP contribution in [0.15, 0.2) is 12.2 Å². The molecule has 0 aliphatic carbocycles. The van der Waals surface area contributed by atoms with E-state index in [9.17, 15) is 19.2 Å². The quantitative estimate of drug-likeness (QED) is 0.449. The third-order valence-corrected chi connectivity index (χ3v) is 2.81. The van der Waals surface area contributed by atoms with Crippen molar-refractivity contribution in [2.24, 2.45) is 17.8 Å². The summed E-state index contributed by atoms with van der Waals surface area (Å²) in [4.78, 5) is 44.0.